The zero-order chi connectivity index (χ0) is 15.1. The Labute approximate surface area is 128 Å². The van der Waals surface area contributed by atoms with Gasteiger partial charge in [-0.15, -0.1) is 0 Å². The Morgan fingerprint density at radius 3 is 2.55 bits per heavy atom. The summed E-state index contributed by atoms with van der Waals surface area (Å²) >= 11 is 0. The van der Waals surface area contributed by atoms with Crippen molar-refractivity contribution in [3.8, 4) is 17.0 Å². The number of fused-ring (bicyclic) bond motifs is 3. The van der Waals surface area contributed by atoms with E-state index in [2.05, 4.69) is 23.2 Å². The molecule has 3 heteroatoms. The lowest BCUT2D eigenvalue weighted by atomic mass is 10.1. The van der Waals surface area contributed by atoms with E-state index in [0.29, 0.717) is 0 Å². The average Bonchev–Trinajstić information content (AvgIpc) is 2.92. The molecule has 108 valence electrons. The van der Waals surface area contributed by atoms with Gasteiger partial charge in [-0.25, -0.2) is 4.98 Å². The van der Waals surface area contributed by atoms with Crippen LogP contribution >= 0.6 is 0 Å². The molecule has 0 N–H and O–H groups in total. The number of rotatable bonds is 2. The number of aromatic nitrogens is 1. The zero-order valence-electron chi connectivity index (χ0n) is 12.5. The molecule has 0 aliphatic carbocycles. The van der Waals surface area contributed by atoms with Crippen molar-refractivity contribution in [1.82, 2.24) is 4.98 Å². The molecule has 22 heavy (non-hydrogen) atoms. The highest BCUT2D eigenvalue weighted by molar-refractivity contribution is 6.09. The molecule has 0 atom stereocenters. The highest BCUT2D eigenvalue weighted by atomic mass is 16.5. The van der Waals surface area contributed by atoms with Gasteiger partial charge >= 0.3 is 0 Å². The number of benzene rings is 2. The first-order valence-electron chi connectivity index (χ1n) is 7.19. The fourth-order valence-corrected chi connectivity index (χ4v) is 2.80. The third-order valence-electron chi connectivity index (χ3n) is 3.84. The van der Waals surface area contributed by atoms with E-state index >= 15 is 0 Å². The van der Waals surface area contributed by atoms with E-state index in [9.17, 15) is 0 Å². The molecule has 0 saturated heterocycles. The summed E-state index contributed by atoms with van der Waals surface area (Å²) in [5.74, 6) is 0.789. The van der Waals surface area contributed by atoms with E-state index in [1.807, 2.05) is 43.3 Å². The molecule has 2 aromatic heterocycles. The maximum atomic E-state index is 6.09. The summed E-state index contributed by atoms with van der Waals surface area (Å²) in [6.07, 6.45) is 0. The first kappa shape index (κ1) is 12.9. The van der Waals surface area contributed by atoms with Crippen molar-refractivity contribution in [2.75, 3.05) is 7.11 Å². The van der Waals surface area contributed by atoms with Gasteiger partial charge in [0, 0.05) is 28.1 Å². The van der Waals surface area contributed by atoms with Crippen LogP contribution in [0.5, 0.6) is 5.75 Å². The second-order valence-electron chi connectivity index (χ2n) is 5.32. The highest BCUT2D eigenvalue weighted by Crippen LogP contribution is 2.36. The van der Waals surface area contributed by atoms with Gasteiger partial charge in [-0.2, -0.15) is 0 Å². The molecular formula is C19H15NO2. The minimum Gasteiger partial charge on any atom is -0.497 e. The van der Waals surface area contributed by atoms with E-state index in [4.69, 9.17) is 9.15 Å². The first-order valence-corrected chi connectivity index (χ1v) is 7.19. The summed E-state index contributed by atoms with van der Waals surface area (Å²) in [5.41, 5.74) is 4.55. The fraction of sp³-hybridized carbons (Fsp3) is 0.105. The zero-order valence-corrected chi connectivity index (χ0v) is 12.5. The number of hydrogen-bond donors (Lipinski definition) is 0. The van der Waals surface area contributed by atoms with Crippen LogP contribution < -0.4 is 4.74 Å². The van der Waals surface area contributed by atoms with Crippen LogP contribution in [-0.2, 0) is 0 Å². The molecule has 0 spiro atoms. The molecule has 0 radical (unpaired) electrons. The van der Waals surface area contributed by atoms with Crippen LogP contribution in [0.4, 0.5) is 0 Å². The van der Waals surface area contributed by atoms with Crippen LogP contribution in [0.15, 0.2) is 59.0 Å². The van der Waals surface area contributed by atoms with Gasteiger partial charge in [0.15, 0.2) is 5.58 Å². The molecule has 0 unspecified atom stereocenters. The number of ether oxygens (including phenoxy) is 1. The quantitative estimate of drug-likeness (QED) is 0.523. The van der Waals surface area contributed by atoms with Crippen molar-refractivity contribution in [2.45, 2.75) is 6.92 Å². The molecule has 2 heterocycles. The lowest BCUT2D eigenvalue weighted by Gasteiger charge is -2.03. The van der Waals surface area contributed by atoms with Gasteiger partial charge in [-0.1, -0.05) is 30.3 Å². The molecule has 4 rings (SSSR count). The summed E-state index contributed by atoms with van der Waals surface area (Å²) in [6, 6.07) is 18.1. The van der Waals surface area contributed by atoms with Crippen molar-refractivity contribution in [3.05, 3.63) is 60.3 Å². The SMILES string of the molecule is COc1ccc2c(c1)oc1c(-c3ccccc3)nc(C)cc12. The number of aryl methyl sites for hydroxylation is 1. The van der Waals surface area contributed by atoms with Gasteiger partial charge in [-0.05, 0) is 25.1 Å². The smallest absolute Gasteiger partial charge is 0.161 e. The molecule has 2 aromatic carbocycles. The number of furan rings is 1. The van der Waals surface area contributed by atoms with Gasteiger partial charge < -0.3 is 9.15 Å². The minimum atomic E-state index is 0.789. The summed E-state index contributed by atoms with van der Waals surface area (Å²) in [7, 11) is 1.66. The monoisotopic (exact) mass is 289 g/mol. The van der Waals surface area contributed by atoms with Crippen LogP contribution in [0.2, 0.25) is 0 Å². The highest BCUT2D eigenvalue weighted by Gasteiger charge is 2.14. The number of hydrogen-bond acceptors (Lipinski definition) is 3. The van der Waals surface area contributed by atoms with Crippen LogP contribution in [0.3, 0.4) is 0 Å². The third-order valence-corrected chi connectivity index (χ3v) is 3.84. The second kappa shape index (κ2) is 4.88. The summed E-state index contributed by atoms with van der Waals surface area (Å²) < 4.78 is 11.4. The van der Waals surface area contributed by atoms with E-state index in [1.165, 1.54) is 0 Å². The Morgan fingerprint density at radius 1 is 0.955 bits per heavy atom. The third kappa shape index (κ3) is 1.94. The maximum Gasteiger partial charge on any atom is 0.161 e. The average molecular weight is 289 g/mol. The minimum absolute atomic E-state index is 0.789. The molecule has 3 nitrogen and oxygen atoms in total. The molecule has 0 amide bonds. The fourth-order valence-electron chi connectivity index (χ4n) is 2.80. The molecule has 0 bridgehead atoms. The summed E-state index contributed by atoms with van der Waals surface area (Å²) in [4.78, 5) is 4.68. The van der Waals surface area contributed by atoms with Gasteiger partial charge in [0.25, 0.3) is 0 Å². The topological polar surface area (TPSA) is 35.3 Å². The Balaban J connectivity index is 2.09. The van der Waals surface area contributed by atoms with E-state index in [0.717, 1.165) is 44.6 Å². The number of nitrogens with zero attached hydrogens (tertiary/aromatic N) is 1. The standard InChI is InChI=1S/C19H15NO2/c1-12-10-16-15-9-8-14(21-2)11-17(15)22-19(16)18(20-12)13-6-4-3-5-7-13/h3-11H,1-2H3. The molecule has 0 fully saturated rings. The molecule has 0 saturated carbocycles. The van der Waals surface area contributed by atoms with Gasteiger partial charge in [0.2, 0.25) is 0 Å². The Kier molecular flexibility index (Phi) is 2.86. The van der Waals surface area contributed by atoms with Crippen molar-refractivity contribution in [1.29, 1.82) is 0 Å². The molecule has 0 aliphatic heterocycles. The van der Waals surface area contributed by atoms with Crippen molar-refractivity contribution in [2.24, 2.45) is 0 Å². The summed E-state index contributed by atoms with van der Waals surface area (Å²) in [6.45, 7) is 2.01. The molecule has 4 aromatic rings. The normalized spacial score (nSPS) is 11.2. The van der Waals surface area contributed by atoms with Gasteiger partial charge in [0.1, 0.15) is 17.0 Å². The van der Waals surface area contributed by atoms with Crippen LogP contribution in [0.25, 0.3) is 33.2 Å². The van der Waals surface area contributed by atoms with Crippen molar-refractivity contribution >= 4 is 21.9 Å². The van der Waals surface area contributed by atoms with Crippen molar-refractivity contribution < 1.29 is 9.15 Å². The molecule has 0 aliphatic rings. The predicted molar refractivity (Wildman–Crippen MR) is 88.2 cm³/mol. The van der Waals surface area contributed by atoms with Crippen molar-refractivity contribution in [3.63, 3.8) is 0 Å². The second-order valence-corrected chi connectivity index (χ2v) is 5.32. The van der Waals surface area contributed by atoms with E-state index in [1.54, 1.807) is 7.11 Å². The molecular weight excluding hydrogens is 274 g/mol. The van der Waals surface area contributed by atoms with Gasteiger partial charge in [0.05, 0.1) is 7.11 Å². The largest absolute Gasteiger partial charge is 0.497 e. The Morgan fingerprint density at radius 2 is 1.77 bits per heavy atom. The lowest BCUT2D eigenvalue weighted by molar-refractivity contribution is 0.414. The summed E-state index contributed by atoms with van der Waals surface area (Å²) in [5, 5.41) is 2.17. The van der Waals surface area contributed by atoms with Crippen LogP contribution in [0, 0.1) is 6.92 Å². The van der Waals surface area contributed by atoms with Gasteiger partial charge in [-0.3, -0.25) is 0 Å². The van der Waals surface area contributed by atoms with Crippen LogP contribution in [-0.4, -0.2) is 12.1 Å². The number of pyridine rings is 1. The van der Waals surface area contributed by atoms with Crippen LogP contribution in [0.1, 0.15) is 5.69 Å². The predicted octanol–water partition coefficient (Wildman–Crippen LogP) is 4.97. The number of methoxy groups -OCH3 is 1. The maximum absolute atomic E-state index is 6.09. The van der Waals surface area contributed by atoms with E-state index in [-0.39, 0.29) is 0 Å². The lowest BCUT2D eigenvalue weighted by Crippen LogP contribution is -1.87. The van der Waals surface area contributed by atoms with E-state index < -0.39 is 0 Å². The Bertz CT molecular complexity index is 971. The first-order chi connectivity index (χ1) is 10.8. The Hall–Kier alpha value is -2.81.